The highest BCUT2D eigenvalue weighted by Gasteiger charge is 2.25. The first-order valence-electron chi connectivity index (χ1n) is 7.78. The molecule has 2 aromatic rings. The van der Waals surface area contributed by atoms with Crippen molar-refractivity contribution >= 4 is 16.8 Å². The molecule has 120 valence electrons. The Morgan fingerprint density at radius 1 is 1.36 bits per heavy atom. The van der Waals surface area contributed by atoms with Crippen LogP contribution in [0.25, 0.3) is 10.9 Å². The Kier molecular flexibility index (Phi) is 4.91. The molecule has 3 N–H and O–H groups in total. The van der Waals surface area contributed by atoms with Gasteiger partial charge in [0, 0.05) is 29.7 Å². The summed E-state index contributed by atoms with van der Waals surface area (Å²) in [5, 5.41) is 13.3. The van der Waals surface area contributed by atoms with Crippen LogP contribution in [-0.2, 0) is 11.2 Å². The Hall–Kier alpha value is -1.81. The largest absolute Gasteiger partial charge is 0.396 e. The van der Waals surface area contributed by atoms with E-state index in [4.69, 9.17) is 0 Å². The first-order valence-corrected chi connectivity index (χ1v) is 7.78. The maximum absolute atomic E-state index is 12.3. The fraction of sp³-hybridized carbons (Fsp3) is 0.500. The summed E-state index contributed by atoms with van der Waals surface area (Å²) >= 11 is 0. The fourth-order valence-electron chi connectivity index (χ4n) is 2.72. The molecule has 1 atom stereocenters. The average Bonchev–Trinajstić information content (AvgIpc) is 2.79. The highest BCUT2D eigenvalue weighted by molar-refractivity contribution is 5.89. The van der Waals surface area contributed by atoms with Gasteiger partial charge in [-0.05, 0) is 36.0 Å². The minimum Gasteiger partial charge on any atom is -0.396 e. The summed E-state index contributed by atoms with van der Waals surface area (Å²) in [5.74, 6) is -0.00477. The van der Waals surface area contributed by atoms with Gasteiger partial charge in [-0.15, -0.1) is 0 Å². The minimum atomic E-state index is -0.0737. The van der Waals surface area contributed by atoms with E-state index in [1.165, 1.54) is 5.56 Å². The average molecular weight is 302 g/mol. The van der Waals surface area contributed by atoms with Gasteiger partial charge in [0.05, 0.1) is 6.42 Å². The number of aromatic amines is 1. The number of carbonyl (C=O) groups is 1. The zero-order chi connectivity index (χ0) is 16.3. The molecule has 0 aliphatic heterocycles. The molecule has 0 spiro atoms. The quantitative estimate of drug-likeness (QED) is 0.795. The van der Waals surface area contributed by atoms with Crippen molar-refractivity contribution in [2.24, 2.45) is 5.41 Å². The highest BCUT2D eigenvalue weighted by Crippen LogP contribution is 2.23. The molecule has 0 saturated heterocycles. The van der Waals surface area contributed by atoms with Gasteiger partial charge >= 0.3 is 0 Å². The highest BCUT2D eigenvalue weighted by atomic mass is 16.3. The molecule has 0 radical (unpaired) electrons. The lowest BCUT2D eigenvalue weighted by molar-refractivity contribution is -0.122. The molecule has 1 aromatic heterocycles. The van der Waals surface area contributed by atoms with Gasteiger partial charge in [0.2, 0.25) is 5.91 Å². The van der Waals surface area contributed by atoms with Crippen LogP contribution in [0, 0.1) is 12.3 Å². The van der Waals surface area contributed by atoms with Gasteiger partial charge in [0.15, 0.2) is 0 Å². The Bertz CT molecular complexity index is 653. The predicted molar refractivity (Wildman–Crippen MR) is 89.8 cm³/mol. The zero-order valence-corrected chi connectivity index (χ0v) is 13.9. The summed E-state index contributed by atoms with van der Waals surface area (Å²) in [7, 11) is 0. The summed E-state index contributed by atoms with van der Waals surface area (Å²) in [5.41, 5.74) is 3.19. The number of fused-ring (bicyclic) bond motifs is 1. The van der Waals surface area contributed by atoms with Crippen molar-refractivity contribution in [3.05, 3.63) is 35.5 Å². The predicted octanol–water partition coefficient (Wildman–Crippen LogP) is 2.93. The molecule has 1 amide bonds. The Morgan fingerprint density at radius 2 is 2.09 bits per heavy atom. The number of hydrogen-bond acceptors (Lipinski definition) is 2. The zero-order valence-electron chi connectivity index (χ0n) is 13.9. The third-order valence-electron chi connectivity index (χ3n) is 4.07. The molecule has 4 heteroatoms. The molecule has 0 aliphatic carbocycles. The van der Waals surface area contributed by atoms with Crippen molar-refractivity contribution < 1.29 is 9.90 Å². The molecule has 1 heterocycles. The summed E-state index contributed by atoms with van der Waals surface area (Å²) in [6, 6.07) is 6.16. The molecule has 0 aliphatic rings. The fourth-order valence-corrected chi connectivity index (χ4v) is 2.72. The molecule has 22 heavy (non-hydrogen) atoms. The maximum Gasteiger partial charge on any atom is 0.224 e. The van der Waals surface area contributed by atoms with E-state index >= 15 is 0 Å². The van der Waals surface area contributed by atoms with E-state index in [1.54, 1.807) is 0 Å². The number of carbonyl (C=O) groups excluding carboxylic acids is 1. The van der Waals surface area contributed by atoms with Crippen LogP contribution < -0.4 is 5.32 Å². The van der Waals surface area contributed by atoms with Crippen molar-refractivity contribution in [2.45, 2.75) is 46.6 Å². The first-order chi connectivity index (χ1) is 10.3. The topological polar surface area (TPSA) is 65.1 Å². The number of hydrogen-bond donors (Lipinski definition) is 3. The van der Waals surface area contributed by atoms with Crippen LogP contribution in [0.3, 0.4) is 0 Å². The van der Waals surface area contributed by atoms with Crippen molar-refractivity contribution in [3.63, 3.8) is 0 Å². The molecule has 2 rings (SSSR count). The SMILES string of the molecule is Cc1ccc2c(CC(=O)NC(CCO)C(C)(C)C)c[nH]c2c1. The Balaban J connectivity index is 2.10. The molecular formula is C18H26N2O2. The number of aryl methyl sites for hydroxylation is 1. The Morgan fingerprint density at radius 3 is 2.73 bits per heavy atom. The van der Waals surface area contributed by atoms with Gasteiger partial charge in [0.25, 0.3) is 0 Å². The summed E-state index contributed by atoms with van der Waals surface area (Å²) in [6.07, 6.45) is 2.82. The second kappa shape index (κ2) is 6.53. The van der Waals surface area contributed by atoms with E-state index in [0.717, 1.165) is 16.5 Å². The number of rotatable bonds is 5. The second-order valence-corrected chi connectivity index (χ2v) is 7.04. The summed E-state index contributed by atoms with van der Waals surface area (Å²) < 4.78 is 0. The van der Waals surface area contributed by atoms with Crippen molar-refractivity contribution in [3.8, 4) is 0 Å². The van der Waals surface area contributed by atoms with Gasteiger partial charge < -0.3 is 15.4 Å². The van der Waals surface area contributed by atoms with Crippen LogP contribution in [0.4, 0.5) is 0 Å². The van der Waals surface area contributed by atoms with E-state index in [9.17, 15) is 9.90 Å². The Labute approximate surface area is 131 Å². The first kappa shape index (κ1) is 16.6. The van der Waals surface area contributed by atoms with Crippen molar-refractivity contribution in [1.82, 2.24) is 10.3 Å². The van der Waals surface area contributed by atoms with Gasteiger partial charge in [-0.25, -0.2) is 0 Å². The van der Waals surface area contributed by atoms with E-state index in [2.05, 4.69) is 56.2 Å². The summed E-state index contributed by atoms with van der Waals surface area (Å²) in [4.78, 5) is 15.6. The third-order valence-corrected chi connectivity index (χ3v) is 4.07. The van der Waals surface area contributed by atoms with Crippen LogP contribution in [-0.4, -0.2) is 28.6 Å². The molecule has 4 nitrogen and oxygen atoms in total. The number of amides is 1. The number of benzene rings is 1. The van der Waals surface area contributed by atoms with E-state index in [1.807, 2.05) is 6.20 Å². The number of H-pyrrole nitrogens is 1. The number of aliphatic hydroxyl groups is 1. The third kappa shape index (κ3) is 3.89. The van der Waals surface area contributed by atoms with Crippen LogP contribution in [0.2, 0.25) is 0 Å². The van der Waals surface area contributed by atoms with Crippen LogP contribution in [0.15, 0.2) is 24.4 Å². The molecular weight excluding hydrogens is 276 g/mol. The standard InChI is InChI=1S/C18H26N2O2/c1-12-5-6-14-13(11-19-15(14)9-12)10-17(22)20-16(7-8-21)18(2,3)4/h5-6,9,11,16,19,21H,7-8,10H2,1-4H3,(H,20,22). The molecule has 1 aromatic carbocycles. The van der Waals surface area contributed by atoms with Crippen molar-refractivity contribution in [1.29, 1.82) is 0 Å². The van der Waals surface area contributed by atoms with Gasteiger partial charge in [-0.1, -0.05) is 32.9 Å². The number of aromatic nitrogens is 1. The number of aliphatic hydroxyl groups excluding tert-OH is 1. The van der Waals surface area contributed by atoms with E-state index in [0.29, 0.717) is 12.8 Å². The second-order valence-electron chi connectivity index (χ2n) is 7.04. The lowest BCUT2D eigenvalue weighted by Gasteiger charge is -2.31. The maximum atomic E-state index is 12.3. The van der Waals surface area contributed by atoms with Crippen molar-refractivity contribution in [2.75, 3.05) is 6.61 Å². The summed E-state index contributed by atoms with van der Waals surface area (Å²) in [6.45, 7) is 8.34. The molecule has 0 fully saturated rings. The minimum absolute atomic E-state index is 0.00477. The van der Waals surface area contributed by atoms with Gasteiger partial charge in [-0.3, -0.25) is 4.79 Å². The molecule has 0 bridgehead atoms. The lowest BCUT2D eigenvalue weighted by atomic mass is 9.85. The molecule has 0 saturated carbocycles. The van der Waals surface area contributed by atoms with E-state index in [-0.39, 0.29) is 24.0 Å². The smallest absolute Gasteiger partial charge is 0.224 e. The lowest BCUT2D eigenvalue weighted by Crippen LogP contribution is -2.44. The number of nitrogens with one attached hydrogen (secondary N) is 2. The molecule has 1 unspecified atom stereocenters. The van der Waals surface area contributed by atoms with Crippen LogP contribution >= 0.6 is 0 Å². The van der Waals surface area contributed by atoms with Crippen LogP contribution in [0.5, 0.6) is 0 Å². The van der Waals surface area contributed by atoms with E-state index < -0.39 is 0 Å². The van der Waals surface area contributed by atoms with Crippen LogP contribution in [0.1, 0.15) is 38.3 Å². The van der Waals surface area contributed by atoms with Gasteiger partial charge in [-0.2, -0.15) is 0 Å². The van der Waals surface area contributed by atoms with Gasteiger partial charge in [0.1, 0.15) is 0 Å². The monoisotopic (exact) mass is 302 g/mol. The normalized spacial score (nSPS) is 13.3.